The van der Waals surface area contributed by atoms with E-state index in [0.717, 1.165) is 16.1 Å². The molecular formula is C14H11NO2S2. The van der Waals surface area contributed by atoms with Gasteiger partial charge in [-0.3, -0.25) is 0 Å². The van der Waals surface area contributed by atoms with Crippen molar-refractivity contribution in [3.63, 3.8) is 0 Å². The topological polar surface area (TPSA) is 40.5 Å². The van der Waals surface area contributed by atoms with Crippen molar-refractivity contribution < 1.29 is 9.90 Å². The van der Waals surface area contributed by atoms with Crippen LogP contribution in [0.25, 0.3) is 0 Å². The third-order valence-corrected chi connectivity index (χ3v) is 5.02. The molecule has 0 amide bonds. The molecule has 1 aliphatic rings. The fourth-order valence-corrected chi connectivity index (χ4v) is 4.12. The maximum atomic E-state index is 12.0. The van der Waals surface area contributed by atoms with Crippen LogP contribution in [0.4, 0.5) is 5.69 Å². The zero-order valence-corrected chi connectivity index (χ0v) is 11.8. The van der Waals surface area contributed by atoms with Crippen molar-refractivity contribution in [2.45, 2.75) is 5.54 Å². The third-order valence-electron chi connectivity index (χ3n) is 3.53. The van der Waals surface area contributed by atoms with Crippen LogP contribution in [-0.2, 0) is 10.3 Å². The molecule has 1 aromatic carbocycles. The second-order valence-electron chi connectivity index (χ2n) is 4.40. The molecule has 0 saturated heterocycles. The van der Waals surface area contributed by atoms with Crippen LogP contribution >= 0.6 is 23.6 Å². The fraction of sp³-hybridized carbons (Fsp3) is 0.143. The van der Waals surface area contributed by atoms with Crippen molar-refractivity contribution in [2.24, 2.45) is 0 Å². The average molecular weight is 289 g/mol. The lowest BCUT2D eigenvalue weighted by Gasteiger charge is -2.32. The van der Waals surface area contributed by atoms with Gasteiger partial charge in [0.2, 0.25) is 5.54 Å². The second kappa shape index (κ2) is 4.15. The number of rotatable bonds is 2. The maximum Gasteiger partial charge on any atom is 0.340 e. The van der Waals surface area contributed by atoms with Gasteiger partial charge in [-0.05, 0) is 17.5 Å². The van der Waals surface area contributed by atoms with Crippen LogP contribution in [0.15, 0.2) is 41.8 Å². The van der Waals surface area contributed by atoms with Gasteiger partial charge in [-0.25, -0.2) is 4.79 Å². The molecule has 96 valence electrons. The predicted molar refractivity (Wildman–Crippen MR) is 80.2 cm³/mol. The molecule has 1 N–H and O–H groups in total. The molecule has 1 aromatic heterocycles. The van der Waals surface area contributed by atoms with Crippen LogP contribution in [0.5, 0.6) is 0 Å². The van der Waals surface area contributed by atoms with E-state index in [1.54, 1.807) is 11.9 Å². The van der Waals surface area contributed by atoms with Gasteiger partial charge in [0.15, 0.2) is 0 Å². The number of likely N-dealkylation sites (N-methyl/N-ethyl adjacent to an activating group) is 1. The second-order valence-corrected chi connectivity index (χ2v) is 5.75. The molecule has 0 radical (unpaired) electrons. The number of benzene rings is 1. The van der Waals surface area contributed by atoms with E-state index in [4.69, 9.17) is 12.2 Å². The zero-order chi connectivity index (χ0) is 13.6. The smallest absolute Gasteiger partial charge is 0.340 e. The molecule has 3 nitrogen and oxygen atoms in total. The lowest BCUT2D eigenvalue weighted by Crippen LogP contribution is -2.51. The highest BCUT2D eigenvalue weighted by Crippen LogP contribution is 2.46. The Labute approximate surface area is 120 Å². The summed E-state index contributed by atoms with van der Waals surface area (Å²) in [4.78, 5) is 14.9. The van der Waals surface area contributed by atoms with Crippen molar-refractivity contribution in [1.29, 1.82) is 0 Å². The quantitative estimate of drug-likeness (QED) is 0.863. The van der Waals surface area contributed by atoms with Gasteiger partial charge in [0, 0.05) is 23.2 Å². The largest absolute Gasteiger partial charge is 0.479 e. The van der Waals surface area contributed by atoms with Gasteiger partial charge in [0.1, 0.15) is 0 Å². The number of carboxylic acid groups (broad SMARTS) is 1. The first-order chi connectivity index (χ1) is 9.10. The number of para-hydroxylation sites is 1. The average Bonchev–Trinajstić information content (AvgIpc) is 2.99. The first-order valence-corrected chi connectivity index (χ1v) is 7.04. The summed E-state index contributed by atoms with van der Waals surface area (Å²) in [6.45, 7) is 0. The summed E-state index contributed by atoms with van der Waals surface area (Å²) in [7, 11) is 1.78. The van der Waals surface area contributed by atoms with E-state index in [2.05, 4.69) is 0 Å². The van der Waals surface area contributed by atoms with Gasteiger partial charge >= 0.3 is 5.97 Å². The number of carboxylic acids is 1. The van der Waals surface area contributed by atoms with E-state index in [1.807, 2.05) is 41.8 Å². The Kier molecular flexibility index (Phi) is 2.69. The number of carbonyl (C=O) groups is 1. The minimum atomic E-state index is -1.26. The highest BCUT2D eigenvalue weighted by Gasteiger charge is 2.54. The Morgan fingerprint density at radius 3 is 2.63 bits per heavy atom. The molecular weight excluding hydrogens is 278 g/mol. The Morgan fingerprint density at radius 1 is 1.32 bits per heavy atom. The van der Waals surface area contributed by atoms with Crippen LogP contribution in [0, 0.1) is 0 Å². The SMILES string of the molecule is CN1c2ccccc2C(=S)C1(C(=O)O)c1cccs1. The monoisotopic (exact) mass is 289 g/mol. The summed E-state index contributed by atoms with van der Waals surface area (Å²) in [5, 5.41) is 11.7. The van der Waals surface area contributed by atoms with Crippen molar-refractivity contribution in [3.8, 4) is 0 Å². The van der Waals surface area contributed by atoms with E-state index in [1.165, 1.54) is 11.3 Å². The molecule has 3 rings (SSSR count). The van der Waals surface area contributed by atoms with E-state index >= 15 is 0 Å². The molecule has 0 saturated carbocycles. The van der Waals surface area contributed by atoms with Crippen molar-refractivity contribution >= 4 is 40.1 Å². The van der Waals surface area contributed by atoms with E-state index in [0.29, 0.717) is 4.86 Å². The molecule has 2 aromatic rings. The van der Waals surface area contributed by atoms with Crippen LogP contribution in [0.2, 0.25) is 0 Å². The van der Waals surface area contributed by atoms with Crippen LogP contribution in [0.3, 0.4) is 0 Å². The molecule has 1 unspecified atom stereocenters. The molecule has 1 atom stereocenters. The Hall–Kier alpha value is -1.72. The summed E-state index contributed by atoms with van der Waals surface area (Å²) in [6, 6.07) is 11.2. The molecule has 0 fully saturated rings. The van der Waals surface area contributed by atoms with E-state index in [-0.39, 0.29) is 0 Å². The number of anilines is 1. The number of hydrogen-bond donors (Lipinski definition) is 1. The molecule has 0 spiro atoms. The predicted octanol–water partition coefficient (Wildman–Crippen LogP) is 2.90. The number of hydrogen-bond acceptors (Lipinski definition) is 4. The van der Waals surface area contributed by atoms with Crippen LogP contribution in [0.1, 0.15) is 10.4 Å². The zero-order valence-electron chi connectivity index (χ0n) is 10.2. The van der Waals surface area contributed by atoms with E-state index in [9.17, 15) is 9.90 Å². The normalized spacial score (nSPS) is 21.5. The van der Waals surface area contributed by atoms with Gasteiger partial charge < -0.3 is 10.0 Å². The van der Waals surface area contributed by atoms with Gasteiger partial charge in [0.05, 0.1) is 4.86 Å². The van der Waals surface area contributed by atoms with Crippen molar-refractivity contribution in [1.82, 2.24) is 0 Å². The highest BCUT2D eigenvalue weighted by atomic mass is 32.1. The summed E-state index contributed by atoms with van der Waals surface area (Å²) < 4.78 is 0. The van der Waals surface area contributed by atoms with Gasteiger partial charge in [0.25, 0.3) is 0 Å². The Morgan fingerprint density at radius 2 is 2.05 bits per heavy atom. The summed E-state index contributed by atoms with van der Waals surface area (Å²) >= 11 is 6.91. The van der Waals surface area contributed by atoms with Gasteiger partial charge in [-0.2, -0.15) is 0 Å². The third kappa shape index (κ3) is 1.42. The Bertz CT molecular complexity index is 666. The fourth-order valence-electron chi connectivity index (χ4n) is 2.59. The van der Waals surface area contributed by atoms with E-state index < -0.39 is 11.5 Å². The van der Waals surface area contributed by atoms with Crippen molar-refractivity contribution in [2.75, 3.05) is 11.9 Å². The standard InChI is InChI=1S/C14H11NO2S2/c1-15-10-6-3-2-5-9(10)12(18)14(15,13(16)17)11-7-4-8-19-11/h2-8H,1H3,(H,16,17). The first-order valence-electron chi connectivity index (χ1n) is 5.75. The number of nitrogens with zero attached hydrogens (tertiary/aromatic N) is 1. The Balaban J connectivity index is 2.30. The highest BCUT2D eigenvalue weighted by molar-refractivity contribution is 7.81. The molecule has 5 heteroatoms. The number of thiophene rings is 1. The summed E-state index contributed by atoms with van der Waals surface area (Å²) in [5.41, 5.74) is 0.437. The lowest BCUT2D eigenvalue weighted by atomic mass is 9.92. The van der Waals surface area contributed by atoms with Gasteiger partial charge in [-0.15, -0.1) is 11.3 Å². The molecule has 0 bridgehead atoms. The lowest BCUT2D eigenvalue weighted by molar-refractivity contribution is -0.140. The number of thiocarbonyl (C=S) groups is 1. The summed E-state index contributed by atoms with van der Waals surface area (Å²) in [6.07, 6.45) is 0. The molecule has 2 heterocycles. The number of aliphatic carboxylic acids is 1. The maximum absolute atomic E-state index is 12.0. The number of fused-ring (bicyclic) bond motifs is 1. The summed E-state index contributed by atoms with van der Waals surface area (Å²) in [5.74, 6) is -0.932. The first kappa shape index (κ1) is 12.3. The molecule has 0 aliphatic carbocycles. The molecule has 1 aliphatic heterocycles. The van der Waals surface area contributed by atoms with Crippen LogP contribution in [-0.4, -0.2) is 23.0 Å². The molecule has 19 heavy (non-hydrogen) atoms. The van der Waals surface area contributed by atoms with Crippen LogP contribution < -0.4 is 4.90 Å². The van der Waals surface area contributed by atoms with Gasteiger partial charge in [-0.1, -0.05) is 36.5 Å². The minimum Gasteiger partial charge on any atom is -0.479 e. The van der Waals surface area contributed by atoms with Crippen molar-refractivity contribution in [3.05, 3.63) is 52.2 Å². The minimum absolute atomic E-state index is 0.459.